The zero-order valence-corrected chi connectivity index (χ0v) is 24.7. The summed E-state index contributed by atoms with van der Waals surface area (Å²) < 4.78 is 0. The molecule has 1 amide bonds. The molecule has 2 fully saturated rings. The lowest BCUT2D eigenvalue weighted by molar-refractivity contribution is -0.384. The molecule has 0 aliphatic carbocycles. The van der Waals surface area contributed by atoms with Crippen LogP contribution in [0.3, 0.4) is 0 Å². The van der Waals surface area contributed by atoms with Crippen LogP contribution in [0, 0.1) is 10.1 Å². The van der Waals surface area contributed by atoms with Crippen molar-refractivity contribution in [2.24, 2.45) is 0 Å². The summed E-state index contributed by atoms with van der Waals surface area (Å²) in [4.78, 5) is 34.9. The second-order valence-electron chi connectivity index (χ2n) is 10.4. The number of hydrogen-bond donors (Lipinski definition) is 1. The first kappa shape index (κ1) is 29.5. The Morgan fingerprint density at radius 2 is 1.66 bits per heavy atom. The monoisotopic (exact) mass is 616 g/mol. The van der Waals surface area contributed by atoms with E-state index in [0.29, 0.717) is 32.5 Å². The third-order valence-corrected chi connectivity index (χ3v) is 8.64. The number of carbonyl (C=O) groups is 1. The summed E-state index contributed by atoms with van der Waals surface area (Å²) in [7, 11) is 0. The van der Waals surface area contributed by atoms with E-state index < -0.39 is 0 Å². The number of nitrogens with zero attached hydrogens (tertiary/aromatic N) is 5. The van der Waals surface area contributed by atoms with Crippen LogP contribution < -0.4 is 10.2 Å². The van der Waals surface area contributed by atoms with Gasteiger partial charge in [-0.25, -0.2) is 4.98 Å². The van der Waals surface area contributed by atoms with Crippen LogP contribution in [0.5, 0.6) is 0 Å². The van der Waals surface area contributed by atoms with E-state index in [9.17, 15) is 14.9 Å². The highest BCUT2D eigenvalue weighted by Gasteiger charge is 2.28. The highest BCUT2D eigenvalue weighted by Crippen LogP contribution is 2.27. The number of piperidine rings is 1. The van der Waals surface area contributed by atoms with Gasteiger partial charge >= 0.3 is 0 Å². The molecule has 2 saturated heterocycles. The molecule has 0 atom stereocenters. The van der Waals surface area contributed by atoms with E-state index >= 15 is 0 Å². The van der Waals surface area contributed by atoms with Crippen LogP contribution in [0.25, 0.3) is 0 Å². The number of benzene rings is 2. The molecule has 41 heavy (non-hydrogen) atoms. The SMILES string of the molecule is O=C(NCc1ccc(Cl)cc1Cl)c1cnc(N2CCN(C3CCN(Cc4ccc([N+](=O)[O-])cc4)CC3)CC2)c(Cl)c1. The lowest BCUT2D eigenvalue weighted by Gasteiger charge is -2.43. The average Bonchev–Trinajstić information content (AvgIpc) is 2.97. The molecule has 216 valence electrons. The molecule has 0 unspecified atom stereocenters. The molecule has 0 spiro atoms. The van der Waals surface area contributed by atoms with E-state index in [0.717, 1.165) is 69.8 Å². The minimum atomic E-state index is -0.366. The highest BCUT2D eigenvalue weighted by molar-refractivity contribution is 6.35. The summed E-state index contributed by atoms with van der Waals surface area (Å²) in [6.07, 6.45) is 3.75. The van der Waals surface area contributed by atoms with Gasteiger partial charge in [0.2, 0.25) is 0 Å². The van der Waals surface area contributed by atoms with Gasteiger partial charge < -0.3 is 10.2 Å². The molecule has 12 heteroatoms. The van der Waals surface area contributed by atoms with E-state index in [2.05, 4.69) is 25.0 Å². The molecule has 1 aromatic heterocycles. The topological polar surface area (TPSA) is 94.9 Å². The molecule has 3 heterocycles. The zero-order chi connectivity index (χ0) is 28.9. The summed E-state index contributed by atoms with van der Waals surface area (Å²) in [6.45, 7) is 6.57. The second-order valence-corrected chi connectivity index (χ2v) is 11.7. The van der Waals surface area contributed by atoms with Crippen molar-refractivity contribution in [2.45, 2.75) is 32.0 Å². The number of non-ortho nitro benzene ring substituents is 1. The predicted molar refractivity (Wildman–Crippen MR) is 162 cm³/mol. The maximum atomic E-state index is 12.7. The number of rotatable bonds is 8. The molecule has 3 aromatic rings. The van der Waals surface area contributed by atoms with E-state index in [1.807, 2.05) is 12.1 Å². The standard InChI is InChI=1S/C29H31Cl3N6O3/c30-23-4-3-21(26(31)16-23)17-34-29(39)22-15-27(32)28(33-18-22)37-13-11-36(12-14-37)24-7-9-35(10-8-24)19-20-1-5-25(6-2-20)38(40)41/h1-6,15-16,18,24H,7-14,17,19H2,(H,34,39). The number of halogens is 3. The van der Waals surface area contributed by atoms with Gasteiger partial charge in [0.1, 0.15) is 5.82 Å². The predicted octanol–water partition coefficient (Wildman–Crippen LogP) is 5.67. The molecule has 9 nitrogen and oxygen atoms in total. The smallest absolute Gasteiger partial charge is 0.269 e. The average molecular weight is 618 g/mol. The van der Waals surface area contributed by atoms with Crippen molar-refractivity contribution in [3.05, 3.63) is 96.6 Å². The van der Waals surface area contributed by atoms with Crippen LogP contribution >= 0.6 is 34.8 Å². The first-order valence-electron chi connectivity index (χ1n) is 13.6. The van der Waals surface area contributed by atoms with Gasteiger partial charge in [0.05, 0.1) is 15.5 Å². The molecule has 2 aliphatic rings. The second kappa shape index (κ2) is 13.4. The first-order valence-corrected chi connectivity index (χ1v) is 14.7. The zero-order valence-electron chi connectivity index (χ0n) is 22.4. The number of amides is 1. The Labute approximate surface area is 254 Å². The van der Waals surface area contributed by atoms with Gasteiger partial charge in [-0.2, -0.15) is 0 Å². The van der Waals surface area contributed by atoms with E-state index in [1.165, 1.54) is 0 Å². The molecule has 1 N–H and O–H groups in total. The van der Waals surface area contributed by atoms with Crippen LogP contribution in [0.1, 0.15) is 34.3 Å². The van der Waals surface area contributed by atoms with Crippen molar-refractivity contribution in [2.75, 3.05) is 44.2 Å². The molecule has 2 aliphatic heterocycles. The quantitative estimate of drug-likeness (QED) is 0.257. The Kier molecular flexibility index (Phi) is 9.62. The largest absolute Gasteiger partial charge is 0.353 e. The van der Waals surface area contributed by atoms with Gasteiger partial charge in [-0.1, -0.05) is 53.0 Å². The number of anilines is 1. The van der Waals surface area contributed by atoms with Gasteiger partial charge in [-0.15, -0.1) is 0 Å². The number of pyridine rings is 1. The number of nitrogens with one attached hydrogen (secondary N) is 1. The first-order chi connectivity index (χ1) is 19.8. The van der Waals surface area contributed by atoms with Crippen LogP contribution in [0.2, 0.25) is 15.1 Å². The van der Waals surface area contributed by atoms with Crippen molar-refractivity contribution in [3.8, 4) is 0 Å². The number of nitro benzene ring substituents is 1. The lowest BCUT2D eigenvalue weighted by Crippen LogP contribution is -2.53. The summed E-state index contributed by atoms with van der Waals surface area (Å²) >= 11 is 18.7. The fourth-order valence-electron chi connectivity index (χ4n) is 5.45. The molecule has 0 radical (unpaired) electrons. The van der Waals surface area contributed by atoms with Gasteiger partial charge in [-0.05, 0) is 55.3 Å². The van der Waals surface area contributed by atoms with Crippen LogP contribution in [-0.2, 0) is 13.1 Å². The molecule has 0 bridgehead atoms. The molecular formula is C29H31Cl3N6O3. The Hall–Kier alpha value is -2.95. The Bertz CT molecular complexity index is 1390. The minimum Gasteiger partial charge on any atom is -0.353 e. The van der Waals surface area contributed by atoms with Crippen LogP contribution in [0.15, 0.2) is 54.7 Å². The number of carbonyl (C=O) groups excluding carboxylic acids is 1. The maximum absolute atomic E-state index is 12.7. The van der Waals surface area contributed by atoms with Crippen LogP contribution in [0.4, 0.5) is 11.5 Å². The van der Waals surface area contributed by atoms with Crippen molar-refractivity contribution in [1.29, 1.82) is 0 Å². The Morgan fingerprint density at radius 3 is 2.29 bits per heavy atom. The third-order valence-electron chi connectivity index (χ3n) is 7.78. The van der Waals surface area contributed by atoms with Crippen molar-refractivity contribution < 1.29 is 9.72 Å². The lowest BCUT2D eigenvalue weighted by atomic mass is 10.0. The van der Waals surface area contributed by atoms with Crippen LogP contribution in [-0.4, -0.2) is 70.9 Å². The minimum absolute atomic E-state index is 0.125. The van der Waals surface area contributed by atoms with E-state index in [-0.39, 0.29) is 23.1 Å². The number of aromatic nitrogens is 1. The summed E-state index contributed by atoms with van der Waals surface area (Å²) in [5, 5.41) is 15.2. The summed E-state index contributed by atoms with van der Waals surface area (Å²) in [5.41, 5.74) is 2.39. The van der Waals surface area contributed by atoms with Gasteiger partial charge in [0.25, 0.3) is 11.6 Å². The van der Waals surface area contributed by atoms with E-state index in [1.54, 1.807) is 42.6 Å². The number of piperazine rings is 1. The van der Waals surface area contributed by atoms with Gasteiger partial charge in [0, 0.05) is 73.7 Å². The maximum Gasteiger partial charge on any atom is 0.269 e. The fourth-order valence-corrected chi connectivity index (χ4v) is 6.21. The summed E-state index contributed by atoms with van der Waals surface area (Å²) in [6, 6.07) is 14.2. The number of hydrogen-bond acceptors (Lipinski definition) is 7. The Balaban J connectivity index is 1.08. The highest BCUT2D eigenvalue weighted by atomic mass is 35.5. The summed E-state index contributed by atoms with van der Waals surface area (Å²) in [5.74, 6) is 0.420. The number of likely N-dealkylation sites (tertiary alicyclic amines) is 1. The normalized spacial score (nSPS) is 17.0. The van der Waals surface area contributed by atoms with Crippen molar-refractivity contribution in [1.82, 2.24) is 20.1 Å². The third kappa shape index (κ3) is 7.47. The molecule has 5 rings (SSSR count). The number of nitro groups is 1. The van der Waals surface area contributed by atoms with Gasteiger partial charge in [0.15, 0.2) is 0 Å². The van der Waals surface area contributed by atoms with Crippen molar-refractivity contribution in [3.63, 3.8) is 0 Å². The van der Waals surface area contributed by atoms with Gasteiger partial charge in [-0.3, -0.25) is 24.7 Å². The van der Waals surface area contributed by atoms with E-state index in [4.69, 9.17) is 34.8 Å². The molecular weight excluding hydrogens is 587 g/mol. The molecule has 0 saturated carbocycles. The Morgan fingerprint density at radius 1 is 0.951 bits per heavy atom. The molecule has 2 aromatic carbocycles. The van der Waals surface area contributed by atoms with Crippen molar-refractivity contribution >= 4 is 52.2 Å². The fraction of sp³-hybridized carbons (Fsp3) is 0.379.